The molecule has 29 heavy (non-hydrogen) atoms. The third kappa shape index (κ3) is 5.86. The van der Waals surface area contributed by atoms with Gasteiger partial charge in [-0.15, -0.1) is 11.3 Å². The summed E-state index contributed by atoms with van der Waals surface area (Å²) in [5, 5.41) is 7.71. The number of ether oxygens (including phenoxy) is 1. The Balaban J connectivity index is 1.58. The predicted octanol–water partition coefficient (Wildman–Crippen LogP) is 4.09. The van der Waals surface area contributed by atoms with E-state index >= 15 is 0 Å². The Kier molecular flexibility index (Phi) is 6.91. The molecule has 0 saturated heterocycles. The minimum atomic E-state index is -0.746. The minimum Gasteiger partial charge on any atom is -0.445 e. The van der Waals surface area contributed by atoms with E-state index in [1.807, 2.05) is 61.7 Å². The van der Waals surface area contributed by atoms with Gasteiger partial charge < -0.3 is 15.4 Å². The summed E-state index contributed by atoms with van der Waals surface area (Å²) in [5.41, 5.74) is 2.47. The van der Waals surface area contributed by atoms with Gasteiger partial charge in [0.15, 0.2) is 5.13 Å². The van der Waals surface area contributed by atoms with Crippen molar-refractivity contribution in [1.29, 1.82) is 0 Å². The van der Waals surface area contributed by atoms with E-state index in [2.05, 4.69) is 20.6 Å². The topological polar surface area (TPSA) is 93.2 Å². The van der Waals surface area contributed by atoms with E-state index in [4.69, 9.17) is 4.74 Å². The number of carbonyl (C=O) groups excluding carboxylic acids is 2. The van der Waals surface area contributed by atoms with Gasteiger partial charge in [-0.2, -0.15) is 0 Å². The summed E-state index contributed by atoms with van der Waals surface area (Å²) in [6, 6.07) is 12.3. The summed E-state index contributed by atoms with van der Waals surface area (Å²) in [4.78, 5) is 33.3. The summed E-state index contributed by atoms with van der Waals surface area (Å²) >= 11 is 1.31. The van der Waals surface area contributed by atoms with E-state index in [9.17, 15) is 9.59 Å². The molecule has 1 atom stereocenters. The number of anilines is 1. The molecule has 0 bridgehead atoms. The Morgan fingerprint density at radius 2 is 1.93 bits per heavy atom. The number of thiazole rings is 1. The molecule has 0 aliphatic carbocycles. The Morgan fingerprint density at radius 3 is 2.62 bits per heavy atom. The number of benzene rings is 1. The number of nitrogens with zero attached hydrogens (tertiary/aromatic N) is 2. The number of aromatic nitrogens is 2. The lowest BCUT2D eigenvalue weighted by Gasteiger charge is -2.20. The van der Waals surface area contributed by atoms with Gasteiger partial charge in [0, 0.05) is 23.3 Å². The fraction of sp³-hybridized carbons (Fsp3) is 0.238. The number of rotatable bonds is 7. The second-order valence-corrected chi connectivity index (χ2v) is 7.55. The average molecular weight is 410 g/mol. The molecule has 3 rings (SSSR count). The van der Waals surface area contributed by atoms with Crippen LogP contribution in [0.2, 0.25) is 0 Å². The maximum Gasteiger partial charge on any atom is 0.408 e. The van der Waals surface area contributed by atoms with Gasteiger partial charge in [0.1, 0.15) is 12.6 Å². The summed E-state index contributed by atoms with van der Waals surface area (Å²) in [6.45, 7) is 3.84. The number of hydrogen-bond donors (Lipinski definition) is 2. The normalized spacial score (nSPS) is 11.7. The van der Waals surface area contributed by atoms with Gasteiger partial charge in [-0.25, -0.2) is 9.78 Å². The molecule has 2 heterocycles. The smallest absolute Gasteiger partial charge is 0.408 e. The van der Waals surface area contributed by atoms with Crippen LogP contribution in [0.1, 0.15) is 19.4 Å². The summed E-state index contributed by atoms with van der Waals surface area (Å²) in [7, 11) is 0. The zero-order chi connectivity index (χ0) is 20.6. The Hall–Kier alpha value is -3.26. The fourth-order valence-electron chi connectivity index (χ4n) is 2.59. The molecule has 0 spiro atoms. The third-order valence-electron chi connectivity index (χ3n) is 4.13. The number of nitrogens with one attached hydrogen (secondary N) is 2. The molecule has 7 nitrogen and oxygen atoms in total. The molecule has 3 aromatic rings. The van der Waals surface area contributed by atoms with Crippen LogP contribution in [0, 0.1) is 5.92 Å². The van der Waals surface area contributed by atoms with Crippen LogP contribution >= 0.6 is 11.3 Å². The summed E-state index contributed by atoms with van der Waals surface area (Å²) in [6.07, 6.45) is 2.76. The Morgan fingerprint density at radius 1 is 1.14 bits per heavy atom. The van der Waals surface area contributed by atoms with Crippen molar-refractivity contribution in [3.63, 3.8) is 0 Å². The first-order valence-electron chi connectivity index (χ1n) is 9.17. The highest BCUT2D eigenvalue weighted by atomic mass is 32.1. The SMILES string of the molecule is CC(C)[C@H](NC(=O)OCc1ccccc1)C(=O)Nc1nc(-c2cccnc2)cs1. The van der Waals surface area contributed by atoms with E-state index in [1.165, 1.54) is 11.3 Å². The molecule has 0 aliphatic rings. The van der Waals surface area contributed by atoms with Gasteiger partial charge >= 0.3 is 6.09 Å². The number of pyridine rings is 1. The van der Waals surface area contributed by atoms with Crippen LogP contribution in [0.15, 0.2) is 60.2 Å². The first-order chi connectivity index (χ1) is 14.0. The van der Waals surface area contributed by atoms with Gasteiger partial charge in [0.05, 0.1) is 5.69 Å². The van der Waals surface area contributed by atoms with Crippen LogP contribution in [-0.4, -0.2) is 28.0 Å². The molecule has 0 saturated carbocycles. The molecule has 8 heteroatoms. The molecule has 2 aromatic heterocycles. The highest BCUT2D eigenvalue weighted by Crippen LogP contribution is 2.24. The van der Waals surface area contributed by atoms with Crippen molar-refractivity contribution in [2.45, 2.75) is 26.5 Å². The first kappa shape index (κ1) is 20.5. The molecule has 0 fully saturated rings. The Labute approximate surface area is 173 Å². The number of carbonyl (C=O) groups is 2. The largest absolute Gasteiger partial charge is 0.445 e. The van der Waals surface area contributed by atoms with Gasteiger partial charge in [-0.1, -0.05) is 44.2 Å². The quantitative estimate of drug-likeness (QED) is 0.612. The maximum atomic E-state index is 12.7. The average Bonchev–Trinajstić information content (AvgIpc) is 3.20. The fourth-order valence-corrected chi connectivity index (χ4v) is 3.31. The van der Waals surface area contributed by atoms with Crippen molar-refractivity contribution in [1.82, 2.24) is 15.3 Å². The van der Waals surface area contributed by atoms with E-state index in [0.717, 1.165) is 16.8 Å². The Bertz CT molecular complexity index is 945. The van der Waals surface area contributed by atoms with Crippen LogP contribution in [-0.2, 0) is 16.1 Å². The lowest BCUT2D eigenvalue weighted by atomic mass is 10.0. The zero-order valence-corrected chi connectivity index (χ0v) is 17.0. The highest BCUT2D eigenvalue weighted by Gasteiger charge is 2.25. The van der Waals surface area contributed by atoms with Crippen LogP contribution in [0.5, 0.6) is 0 Å². The second-order valence-electron chi connectivity index (χ2n) is 6.70. The van der Waals surface area contributed by atoms with Crippen molar-refractivity contribution < 1.29 is 14.3 Å². The van der Waals surface area contributed by atoms with Crippen molar-refractivity contribution >= 4 is 28.5 Å². The second kappa shape index (κ2) is 9.79. The van der Waals surface area contributed by atoms with Crippen LogP contribution in [0.25, 0.3) is 11.3 Å². The lowest BCUT2D eigenvalue weighted by Crippen LogP contribution is -2.47. The lowest BCUT2D eigenvalue weighted by molar-refractivity contribution is -0.119. The third-order valence-corrected chi connectivity index (χ3v) is 4.88. The number of amides is 2. The maximum absolute atomic E-state index is 12.7. The van der Waals surface area contributed by atoms with Gasteiger partial charge in [0.25, 0.3) is 0 Å². The minimum absolute atomic E-state index is 0.128. The molecule has 2 N–H and O–H groups in total. The summed E-state index contributed by atoms with van der Waals surface area (Å²) < 4.78 is 5.22. The molecular weight excluding hydrogens is 388 g/mol. The molecule has 0 radical (unpaired) electrons. The monoisotopic (exact) mass is 410 g/mol. The number of hydrogen-bond acceptors (Lipinski definition) is 6. The van der Waals surface area contributed by atoms with Crippen molar-refractivity contribution in [3.8, 4) is 11.3 Å². The predicted molar refractivity (Wildman–Crippen MR) is 112 cm³/mol. The van der Waals surface area contributed by atoms with Gasteiger partial charge in [-0.05, 0) is 23.6 Å². The van der Waals surface area contributed by atoms with Crippen molar-refractivity contribution in [3.05, 3.63) is 65.8 Å². The van der Waals surface area contributed by atoms with Crippen molar-refractivity contribution in [2.24, 2.45) is 5.92 Å². The molecular formula is C21H22N4O3S. The standard InChI is InChI=1S/C21H22N4O3S/c1-14(2)18(24-21(27)28-12-15-7-4-3-5-8-15)19(26)25-20-23-17(13-29-20)16-9-6-10-22-11-16/h3-11,13-14,18H,12H2,1-2H3,(H,24,27)(H,23,25,26)/t18-/m0/s1. The van der Waals surface area contributed by atoms with Gasteiger partial charge in [-0.3, -0.25) is 9.78 Å². The zero-order valence-electron chi connectivity index (χ0n) is 16.2. The van der Waals surface area contributed by atoms with Crippen LogP contribution in [0.3, 0.4) is 0 Å². The van der Waals surface area contributed by atoms with E-state index < -0.39 is 12.1 Å². The molecule has 2 amide bonds. The van der Waals surface area contributed by atoms with Crippen LogP contribution < -0.4 is 10.6 Å². The number of alkyl carbamates (subject to hydrolysis) is 1. The van der Waals surface area contributed by atoms with Gasteiger partial charge in [0.2, 0.25) is 5.91 Å². The van der Waals surface area contributed by atoms with Crippen LogP contribution in [0.4, 0.5) is 9.93 Å². The molecule has 0 unspecified atom stereocenters. The van der Waals surface area contributed by atoms with E-state index in [1.54, 1.807) is 12.4 Å². The van der Waals surface area contributed by atoms with E-state index in [0.29, 0.717) is 5.13 Å². The summed E-state index contributed by atoms with van der Waals surface area (Å²) in [5.74, 6) is -0.472. The van der Waals surface area contributed by atoms with Crippen molar-refractivity contribution in [2.75, 3.05) is 5.32 Å². The molecule has 150 valence electrons. The molecule has 1 aromatic carbocycles. The first-order valence-corrected chi connectivity index (χ1v) is 10.0. The van der Waals surface area contributed by atoms with E-state index in [-0.39, 0.29) is 18.4 Å². The highest BCUT2D eigenvalue weighted by molar-refractivity contribution is 7.14. The molecule has 0 aliphatic heterocycles.